The molecule has 0 saturated carbocycles. The van der Waals surface area contributed by atoms with Crippen LogP contribution in [-0.4, -0.2) is 44.1 Å². The molecule has 5 rings (SSSR count). The zero-order valence-electron chi connectivity index (χ0n) is 16.9. The van der Waals surface area contributed by atoms with Crippen LogP contribution in [0.1, 0.15) is 42.3 Å². The summed E-state index contributed by atoms with van der Waals surface area (Å²) >= 11 is 1.38. The van der Waals surface area contributed by atoms with Crippen molar-refractivity contribution < 1.29 is 13.2 Å². The van der Waals surface area contributed by atoms with Crippen molar-refractivity contribution in [3.8, 4) is 0 Å². The molecule has 158 valence electrons. The van der Waals surface area contributed by atoms with Gasteiger partial charge in [0.15, 0.2) is 9.84 Å². The quantitative estimate of drug-likeness (QED) is 0.579. The highest BCUT2D eigenvalue weighted by atomic mass is 32.2. The molecule has 2 aliphatic rings. The van der Waals surface area contributed by atoms with E-state index >= 15 is 0 Å². The first-order valence-electron chi connectivity index (χ1n) is 10.6. The minimum Gasteiger partial charge on any atom is -0.381 e. The predicted octanol–water partition coefficient (Wildman–Crippen LogP) is 4.59. The van der Waals surface area contributed by atoms with Gasteiger partial charge in [-0.2, -0.15) is 0 Å². The highest BCUT2D eigenvalue weighted by molar-refractivity contribution is 7.90. The second kappa shape index (κ2) is 8.38. The molecule has 5 nitrogen and oxygen atoms in total. The van der Waals surface area contributed by atoms with Gasteiger partial charge in [0.1, 0.15) is 10.8 Å². The molecule has 2 aliphatic heterocycles. The molecule has 2 aromatic carbocycles. The number of fused-ring (bicyclic) bond motifs is 1. The molecule has 3 heterocycles. The van der Waals surface area contributed by atoms with Crippen LogP contribution in [0.4, 0.5) is 0 Å². The van der Waals surface area contributed by atoms with Gasteiger partial charge in [-0.3, -0.25) is 4.90 Å². The molecule has 0 spiro atoms. The standard InChI is InChI=1S/C23H26N2O3S2/c26-30(27,16-23-24-10-14-29-23)19-6-7-20-17(15-19)3-1-4-21(20)22-5-2-11-25(22)18-8-12-28-13-9-18/h1,3-4,6-7,10,14-15,18,22H,2,5,8-9,11-13,16H2/t22-/m0/s1. The minimum atomic E-state index is -3.41. The van der Waals surface area contributed by atoms with E-state index in [-0.39, 0.29) is 5.75 Å². The summed E-state index contributed by atoms with van der Waals surface area (Å²) in [6, 6.07) is 12.9. The summed E-state index contributed by atoms with van der Waals surface area (Å²) in [5.74, 6) is -0.0456. The second-order valence-electron chi connectivity index (χ2n) is 8.15. The molecule has 0 bridgehead atoms. The fraction of sp³-hybridized carbons (Fsp3) is 0.435. The summed E-state index contributed by atoms with van der Waals surface area (Å²) in [7, 11) is -3.41. The largest absolute Gasteiger partial charge is 0.381 e. The van der Waals surface area contributed by atoms with E-state index in [9.17, 15) is 8.42 Å². The first-order chi connectivity index (χ1) is 14.6. The van der Waals surface area contributed by atoms with Gasteiger partial charge in [-0.25, -0.2) is 13.4 Å². The lowest BCUT2D eigenvalue weighted by Gasteiger charge is -2.36. The summed E-state index contributed by atoms with van der Waals surface area (Å²) in [6.07, 6.45) is 6.20. The van der Waals surface area contributed by atoms with Gasteiger partial charge >= 0.3 is 0 Å². The third-order valence-electron chi connectivity index (χ3n) is 6.35. The van der Waals surface area contributed by atoms with Crippen LogP contribution in [0.5, 0.6) is 0 Å². The molecule has 0 N–H and O–H groups in total. The Morgan fingerprint density at radius 2 is 2.00 bits per heavy atom. The number of ether oxygens (including phenoxy) is 1. The normalized spacial score (nSPS) is 21.4. The molecule has 2 fully saturated rings. The summed E-state index contributed by atoms with van der Waals surface area (Å²) in [4.78, 5) is 7.16. The average molecular weight is 443 g/mol. The zero-order valence-corrected chi connectivity index (χ0v) is 18.5. The number of sulfone groups is 1. The van der Waals surface area contributed by atoms with Gasteiger partial charge in [0.25, 0.3) is 0 Å². The van der Waals surface area contributed by atoms with Crippen LogP contribution in [0.25, 0.3) is 10.8 Å². The molecule has 0 radical (unpaired) electrons. The van der Waals surface area contributed by atoms with E-state index in [4.69, 9.17) is 4.74 Å². The summed E-state index contributed by atoms with van der Waals surface area (Å²) in [5.41, 5.74) is 1.32. The fourth-order valence-electron chi connectivity index (χ4n) is 4.92. The van der Waals surface area contributed by atoms with Crippen LogP contribution in [-0.2, 0) is 20.3 Å². The maximum Gasteiger partial charge on any atom is 0.184 e. The first-order valence-corrected chi connectivity index (χ1v) is 13.1. The Kier molecular flexibility index (Phi) is 5.62. The SMILES string of the molecule is O=S(=O)(Cc1nccs1)c1ccc2c([C@@H]3CCCN3C3CCOCC3)cccc2c1. The van der Waals surface area contributed by atoms with Crippen molar-refractivity contribution in [2.45, 2.75) is 48.4 Å². The molecule has 0 aliphatic carbocycles. The van der Waals surface area contributed by atoms with Crippen molar-refractivity contribution in [3.63, 3.8) is 0 Å². The highest BCUT2D eigenvalue weighted by Gasteiger charge is 2.33. The van der Waals surface area contributed by atoms with Crippen molar-refractivity contribution in [1.82, 2.24) is 9.88 Å². The maximum absolute atomic E-state index is 12.9. The van der Waals surface area contributed by atoms with Crippen molar-refractivity contribution in [2.24, 2.45) is 0 Å². The maximum atomic E-state index is 12.9. The van der Waals surface area contributed by atoms with E-state index in [1.54, 1.807) is 12.3 Å². The summed E-state index contributed by atoms with van der Waals surface area (Å²) in [5, 5.41) is 4.59. The number of hydrogen-bond acceptors (Lipinski definition) is 6. The van der Waals surface area contributed by atoms with Gasteiger partial charge in [0.2, 0.25) is 0 Å². The molecule has 3 aromatic rings. The Morgan fingerprint density at radius 3 is 2.80 bits per heavy atom. The first kappa shape index (κ1) is 20.1. The zero-order chi connectivity index (χ0) is 20.6. The van der Waals surface area contributed by atoms with Crippen LogP contribution >= 0.6 is 11.3 Å². The Balaban J connectivity index is 1.47. The summed E-state index contributed by atoms with van der Waals surface area (Å²) in [6.45, 7) is 2.83. The molecule has 2 saturated heterocycles. The second-order valence-corrected chi connectivity index (χ2v) is 11.1. The molecule has 0 unspecified atom stereocenters. The minimum absolute atomic E-state index is 0.0456. The lowest BCUT2D eigenvalue weighted by atomic mass is 9.95. The lowest BCUT2D eigenvalue weighted by molar-refractivity contribution is 0.0293. The fourth-order valence-corrected chi connectivity index (χ4v) is 7.20. The Labute approximate surface area is 181 Å². The van der Waals surface area contributed by atoms with Crippen LogP contribution in [0.3, 0.4) is 0 Å². The number of nitrogens with zero attached hydrogens (tertiary/aromatic N) is 2. The van der Waals surface area contributed by atoms with E-state index in [1.807, 2.05) is 23.6 Å². The van der Waals surface area contributed by atoms with Crippen LogP contribution in [0.15, 0.2) is 52.9 Å². The van der Waals surface area contributed by atoms with E-state index in [2.05, 4.69) is 22.0 Å². The van der Waals surface area contributed by atoms with Gasteiger partial charge in [-0.1, -0.05) is 24.3 Å². The van der Waals surface area contributed by atoms with Gasteiger partial charge < -0.3 is 4.74 Å². The van der Waals surface area contributed by atoms with E-state index in [1.165, 1.54) is 23.3 Å². The molecular formula is C23H26N2O3S2. The lowest BCUT2D eigenvalue weighted by Crippen LogP contribution is -2.39. The third kappa shape index (κ3) is 3.91. The van der Waals surface area contributed by atoms with E-state index in [0.717, 1.165) is 49.8 Å². The molecule has 0 amide bonds. The molecule has 7 heteroatoms. The smallest absolute Gasteiger partial charge is 0.184 e. The van der Waals surface area contributed by atoms with Crippen molar-refractivity contribution >= 4 is 31.9 Å². The molecular weight excluding hydrogens is 416 g/mol. The Bertz CT molecular complexity index is 1120. The van der Waals surface area contributed by atoms with Gasteiger partial charge in [0, 0.05) is 36.9 Å². The molecule has 1 aromatic heterocycles. The van der Waals surface area contributed by atoms with Crippen LogP contribution < -0.4 is 0 Å². The van der Waals surface area contributed by atoms with Gasteiger partial charge in [0.05, 0.1) is 4.90 Å². The van der Waals surface area contributed by atoms with Crippen molar-refractivity contribution in [2.75, 3.05) is 19.8 Å². The monoisotopic (exact) mass is 442 g/mol. The molecule has 1 atom stereocenters. The number of aromatic nitrogens is 1. The van der Waals surface area contributed by atoms with E-state index in [0.29, 0.717) is 22.0 Å². The van der Waals surface area contributed by atoms with E-state index < -0.39 is 9.84 Å². The number of likely N-dealkylation sites (tertiary alicyclic amines) is 1. The Hall–Kier alpha value is -1.80. The van der Waals surface area contributed by atoms with Crippen molar-refractivity contribution in [3.05, 3.63) is 58.5 Å². The number of rotatable bonds is 5. The average Bonchev–Trinajstić information content (AvgIpc) is 3.45. The highest BCUT2D eigenvalue weighted by Crippen LogP contribution is 2.39. The molecule has 30 heavy (non-hydrogen) atoms. The number of thiazole rings is 1. The Morgan fingerprint density at radius 1 is 1.13 bits per heavy atom. The number of benzene rings is 2. The predicted molar refractivity (Wildman–Crippen MR) is 119 cm³/mol. The van der Waals surface area contributed by atoms with Gasteiger partial charge in [-0.05, 0) is 60.7 Å². The van der Waals surface area contributed by atoms with Crippen molar-refractivity contribution in [1.29, 1.82) is 0 Å². The topological polar surface area (TPSA) is 59.5 Å². The van der Waals surface area contributed by atoms with Gasteiger partial charge in [-0.15, -0.1) is 11.3 Å². The number of hydrogen-bond donors (Lipinski definition) is 0. The van der Waals surface area contributed by atoms with Crippen LogP contribution in [0, 0.1) is 0 Å². The summed E-state index contributed by atoms with van der Waals surface area (Å²) < 4.78 is 31.3. The third-order valence-corrected chi connectivity index (χ3v) is 8.94. The van der Waals surface area contributed by atoms with Crippen LogP contribution in [0.2, 0.25) is 0 Å².